The van der Waals surface area contributed by atoms with Gasteiger partial charge in [0, 0.05) is 17.5 Å². The molecule has 22 heavy (non-hydrogen) atoms. The number of benzene rings is 1. The average molecular weight is 331 g/mol. The van der Waals surface area contributed by atoms with E-state index in [4.69, 9.17) is 5.41 Å². The van der Waals surface area contributed by atoms with Gasteiger partial charge in [-0.3, -0.25) is 10.2 Å². The Morgan fingerprint density at radius 1 is 1.27 bits per heavy atom. The van der Waals surface area contributed by atoms with Gasteiger partial charge in [-0.25, -0.2) is 9.88 Å². The van der Waals surface area contributed by atoms with Crippen molar-refractivity contribution in [2.24, 2.45) is 0 Å². The van der Waals surface area contributed by atoms with Gasteiger partial charge >= 0.3 is 0 Å². The van der Waals surface area contributed by atoms with E-state index in [0.717, 1.165) is 17.7 Å². The van der Waals surface area contributed by atoms with Crippen LogP contribution in [0.4, 0.5) is 5.13 Å². The van der Waals surface area contributed by atoms with Crippen molar-refractivity contribution < 1.29 is 4.79 Å². The summed E-state index contributed by atoms with van der Waals surface area (Å²) >= 11 is 2.76. The second-order valence-electron chi connectivity index (χ2n) is 5.19. The number of aromatic nitrogens is 1. The number of thioether (sulfide) groups is 1. The summed E-state index contributed by atoms with van der Waals surface area (Å²) in [5.41, 5.74) is 2.56. The number of carbonyl (C=O) groups excluding carboxylic acids is 1. The first-order valence-electron chi connectivity index (χ1n) is 7.20. The minimum absolute atomic E-state index is 0.0526. The third-order valence-electron chi connectivity index (χ3n) is 3.60. The lowest BCUT2D eigenvalue weighted by atomic mass is 10.1. The van der Waals surface area contributed by atoms with Crippen LogP contribution in [0.15, 0.2) is 30.5 Å². The second kappa shape index (κ2) is 6.22. The van der Waals surface area contributed by atoms with Gasteiger partial charge in [0.05, 0.1) is 5.25 Å². The van der Waals surface area contributed by atoms with E-state index in [1.807, 2.05) is 13.1 Å². The summed E-state index contributed by atoms with van der Waals surface area (Å²) in [6, 6.07) is 8.57. The molecule has 1 aliphatic rings. The van der Waals surface area contributed by atoms with Crippen LogP contribution in [-0.2, 0) is 17.6 Å². The van der Waals surface area contributed by atoms with Crippen LogP contribution < -0.4 is 4.90 Å². The predicted octanol–water partition coefficient (Wildman–Crippen LogP) is 3.70. The molecule has 1 atom stereocenters. The number of thiazole rings is 1. The van der Waals surface area contributed by atoms with Gasteiger partial charge in [-0.2, -0.15) is 0 Å². The van der Waals surface area contributed by atoms with Gasteiger partial charge in [0.25, 0.3) is 0 Å². The Bertz CT molecular complexity index is 708. The van der Waals surface area contributed by atoms with Crippen LogP contribution in [-0.4, -0.2) is 21.3 Å². The van der Waals surface area contributed by atoms with Crippen molar-refractivity contribution in [2.75, 3.05) is 4.90 Å². The molecular weight excluding hydrogens is 314 g/mol. The lowest BCUT2D eigenvalue weighted by molar-refractivity contribution is -0.116. The maximum atomic E-state index is 12.1. The molecule has 2 heterocycles. The van der Waals surface area contributed by atoms with Crippen molar-refractivity contribution in [3.05, 3.63) is 46.5 Å². The van der Waals surface area contributed by atoms with E-state index in [0.29, 0.717) is 5.13 Å². The Morgan fingerprint density at radius 3 is 2.55 bits per heavy atom. The Hall–Kier alpha value is -1.66. The summed E-state index contributed by atoms with van der Waals surface area (Å²) in [6.45, 7) is 3.97. The Labute approximate surface area is 138 Å². The zero-order valence-electron chi connectivity index (χ0n) is 12.5. The molecule has 3 rings (SSSR count). The number of amides is 1. The number of hydrogen-bond acceptors (Lipinski definition) is 5. The monoisotopic (exact) mass is 331 g/mol. The second-order valence-corrected chi connectivity index (χ2v) is 7.62. The van der Waals surface area contributed by atoms with E-state index in [-0.39, 0.29) is 16.3 Å². The number of aryl methyl sites for hydroxylation is 1. The van der Waals surface area contributed by atoms with Crippen molar-refractivity contribution in [3.63, 3.8) is 0 Å². The van der Waals surface area contributed by atoms with Crippen LogP contribution in [0, 0.1) is 5.41 Å². The summed E-state index contributed by atoms with van der Waals surface area (Å²) in [4.78, 5) is 18.9. The number of anilines is 1. The molecule has 2 aromatic rings. The molecule has 0 radical (unpaired) electrons. The lowest BCUT2D eigenvalue weighted by Crippen LogP contribution is -2.30. The number of rotatable bonds is 4. The van der Waals surface area contributed by atoms with Gasteiger partial charge < -0.3 is 0 Å². The van der Waals surface area contributed by atoms with E-state index >= 15 is 0 Å². The molecule has 0 saturated carbocycles. The Kier molecular flexibility index (Phi) is 4.31. The molecule has 0 spiro atoms. The molecule has 1 aromatic carbocycles. The molecule has 1 amide bonds. The first-order valence-corrected chi connectivity index (χ1v) is 8.89. The van der Waals surface area contributed by atoms with E-state index in [2.05, 4.69) is 36.2 Å². The van der Waals surface area contributed by atoms with Crippen molar-refractivity contribution in [1.29, 1.82) is 5.41 Å². The molecule has 6 heteroatoms. The summed E-state index contributed by atoms with van der Waals surface area (Å²) in [5, 5.41) is 8.59. The first-order chi connectivity index (χ1) is 10.6. The Balaban J connectivity index is 1.76. The molecule has 4 nitrogen and oxygen atoms in total. The minimum atomic E-state index is -0.193. The van der Waals surface area contributed by atoms with Crippen molar-refractivity contribution in [3.8, 4) is 0 Å². The number of amidine groups is 1. The van der Waals surface area contributed by atoms with Gasteiger partial charge in [0.15, 0.2) is 10.3 Å². The summed E-state index contributed by atoms with van der Waals surface area (Å²) < 4.78 is 0. The van der Waals surface area contributed by atoms with E-state index < -0.39 is 0 Å². The van der Waals surface area contributed by atoms with Crippen LogP contribution in [0.2, 0.25) is 0 Å². The Morgan fingerprint density at radius 2 is 1.95 bits per heavy atom. The van der Waals surface area contributed by atoms with Crippen LogP contribution >= 0.6 is 23.1 Å². The summed E-state index contributed by atoms with van der Waals surface area (Å²) in [5.74, 6) is -0.0526. The number of nitrogens with one attached hydrogen (secondary N) is 1. The molecule has 0 bridgehead atoms. The molecule has 1 N–H and O–H groups in total. The predicted molar refractivity (Wildman–Crippen MR) is 93.0 cm³/mol. The van der Waals surface area contributed by atoms with Gasteiger partial charge in [-0.05, 0) is 24.5 Å². The summed E-state index contributed by atoms with van der Waals surface area (Å²) in [6.07, 6.45) is 3.65. The SMILES string of the molecule is CCc1ccc(Cc2cnc(N3C(=N)SC(C)C3=O)s2)cc1. The molecule has 0 aliphatic carbocycles. The van der Waals surface area contributed by atoms with Gasteiger partial charge in [0.1, 0.15) is 0 Å². The maximum absolute atomic E-state index is 12.1. The van der Waals surface area contributed by atoms with Crippen LogP contribution in [0.25, 0.3) is 0 Å². The van der Waals surface area contributed by atoms with Crippen molar-refractivity contribution in [2.45, 2.75) is 31.9 Å². The number of hydrogen-bond donors (Lipinski definition) is 1. The molecule has 1 aliphatic heterocycles. The normalized spacial score (nSPS) is 18.3. The minimum Gasteiger partial charge on any atom is -0.278 e. The third-order valence-corrected chi connectivity index (χ3v) is 5.55. The standard InChI is InChI=1S/C16H17N3OS2/c1-3-11-4-6-12(7-5-11)8-13-9-18-16(22-13)19-14(20)10(2)21-15(19)17/h4-7,9-10,17H,3,8H2,1-2H3. The highest BCUT2D eigenvalue weighted by atomic mass is 32.2. The van der Waals surface area contributed by atoms with E-state index in [1.165, 1.54) is 39.1 Å². The van der Waals surface area contributed by atoms with Gasteiger partial charge in [-0.15, -0.1) is 11.3 Å². The highest BCUT2D eigenvalue weighted by molar-refractivity contribution is 8.16. The van der Waals surface area contributed by atoms with Crippen LogP contribution in [0.1, 0.15) is 29.9 Å². The average Bonchev–Trinajstić information content (AvgIpc) is 3.05. The van der Waals surface area contributed by atoms with E-state index in [9.17, 15) is 4.79 Å². The van der Waals surface area contributed by atoms with Crippen LogP contribution in [0.5, 0.6) is 0 Å². The topological polar surface area (TPSA) is 57.1 Å². The lowest BCUT2D eigenvalue weighted by Gasteiger charge is -2.10. The van der Waals surface area contributed by atoms with Crippen molar-refractivity contribution in [1.82, 2.24) is 4.98 Å². The largest absolute Gasteiger partial charge is 0.278 e. The molecule has 1 unspecified atom stereocenters. The fourth-order valence-corrected chi connectivity index (χ4v) is 4.15. The smallest absolute Gasteiger partial charge is 0.248 e. The van der Waals surface area contributed by atoms with Crippen LogP contribution in [0.3, 0.4) is 0 Å². The third kappa shape index (κ3) is 2.94. The maximum Gasteiger partial charge on any atom is 0.248 e. The highest BCUT2D eigenvalue weighted by Gasteiger charge is 2.36. The quantitative estimate of drug-likeness (QED) is 0.929. The summed E-state index contributed by atoms with van der Waals surface area (Å²) in [7, 11) is 0. The highest BCUT2D eigenvalue weighted by Crippen LogP contribution is 2.33. The zero-order chi connectivity index (χ0) is 15.7. The number of carbonyl (C=O) groups is 1. The fraction of sp³-hybridized carbons (Fsp3) is 0.312. The fourth-order valence-electron chi connectivity index (χ4n) is 2.31. The molecule has 114 valence electrons. The molecule has 1 fully saturated rings. The van der Waals surface area contributed by atoms with E-state index in [1.54, 1.807) is 0 Å². The van der Waals surface area contributed by atoms with Crippen molar-refractivity contribution >= 4 is 39.3 Å². The molecular formula is C16H17N3OS2. The first kappa shape index (κ1) is 15.2. The number of nitrogens with zero attached hydrogens (tertiary/aromatic N) is 2. The van der Waals surface area contributed by atoms with Gasteiger partial charge in [-0.1, -0.05) is 43.0 Å². The molecule has 1 aromatic heterocycles. The zero-order valence-corrected chi connectivity index (χ0v) is 14.1. The van der Waals surface area contributed by atoms with Gasteiger partial charge in [0.2, 0.25) is 5.91 Å². The molecule has 1 saturated heterocycles.